The Bertz CT molecular complexity index is 575. The highest BCUT2D eigenvalue weighted by molar-refractivity contribution is 5.85. The molecule has 112 valence electrons. The molecule has 0 heterocycles. The van der Waals surface area contributed by atoms with Gasteiger partial charge in [-0.1, -0.05) is 30.3 Å². The molecule has 0 amide bonds. The fourth-order valence-corrected chi connectivity index (χ4v) is 1.81. The number of hydrogen-bond acceptors (Lipinski definition) is 4. The van der Waals surface area contributed by atoms with Gasteiger partial charge in [0, 0.05) is 6.04 Å². The molecular formula is C16H18ClNO3. The van der Waals surface area contributed by atoms with Crippen molar-refractivity contribution in [3.63, 3.8) is 0 Å². The van der Waals surface area contributed by atoms with Gasteiger partial charge in [-0.3, -0.25) is 4.79 Å². The minimum absolute atomic E-state index is 0. The van der Waals surface area contributed by atoms with Crippen LogP contribution in [0.25, 0.3) is 0 Å². The first-order valence-corrected chi connectivity index (χ1v) is 6.34. The molecule has 1 unspecified atom stereocenters. The molecule has 1 atom stereocenters. The molecule has 4 nitrogen and oxygen atoms in total. The second-order valence-electron chi connectivity index (χ2n) is 4.37. The van der Waals surface area contributed by atoms with Crippen molar-refractivity contribution >= 4 is 18.4 Å². The van der Waals surface area contributed by atoms with Crippen molar-refractivity contribution in [2.24, 2.45) is 5.73 Å². The fraction of sp³-hybridized carbons (Fsp3) is 0.188. The van der Waals surface area contributed by atoms with E-state index in [-0.39, 0.29) is 24.8 Å². The summed E-state index contributed by atoms with van der Waals surface area (Å²) in [6, 6.07) is 16.5. The van der Waals surface area contributed by atoms with Gasteiger partial charge in [0.25, 0.3) is 0 Å². The second kappa shape index (κ2) is 8.29. The van der Waals surface area contributed by atoms with Gasteiger partial charge < -0.3 is 15.2 Å². The number of para-hydroxylation sites is 1. The molecule has 21 heavy (non-hydrogen) atoms. The normalized spacial score (nSPS) is 11.1. The van der Waals surface area contributed by atoms with Gasteiger partial charge in [-0.2, -0.15) is 0 Å². The summed E-state index contributed by atoms with van der Waals surface area (Å²) in [5.41, 5.74) is 6.81. The van der Waals surface area contributed by atoms with Gasteiger partial charge >= 0.3 is 5.97 Å². The van der Waals surface area contributed by atoms with Crippen LogP contribution in [0.5, 0.6) is 11.5 Å². The summed E-state index contributed by atoms with van der Waals surface area (Å²) in [7, 11) is 1.35. The van der Waals surface area contributed by atoms with Crippen molar-refractivity contribution in [1.82, 2.24) is 0 Å². The molecule has 0 spiro atoms. The van der Waals surface area contributed by atoms with Crippen molar-refractivity contribution in [3.8, 4) is 11.5 Å². The molecular weight excluding hydrogens is 290 g/mol. The van der Waals surface area contributed by atoms with Crippen LogP contribution in [-0.4, -0.2) is 13.1 Å². The van der Waals surface area contributed by atoms with Crippen LogP contribution in [0, 0.1) is 0 Å². The van der Waals surface area contributed by atoms with Crippen LogP contribution in [0.4, 0.5) is 0 Å². The van der Waals surface area contributed by atoms with Gasteiger partial charge in [0.05, 0.1) is 13.5 Å². The van der Waals surface area contributed by atoms with Gasteiger partial charge in [-0.25, -0.2) is 0 Å². The number of carbonyl (C=O) groups excluding carboxylic acids is 1. The van der Waals surface area contributed by atoms with Crippen molar-refractivity contribution < 1.29 is 14.3 Å². The number of benzene rings is 2. The average molecular weight is 308 g/mol. The lowest BCUT2D eigenvalue weighted by Gasteiger charge is -2.12. The first-order valence-electron chi connectivity index (χ1n) is 6.34. The van der Waals surface area contributed by atoms with E-state index in [4.69, 9.17) is 10.5 Å². The van der Waals surface area contributed by atoms with Gasteiger partial charge in [-0.15, -0.1) is 12.4 Å². The monoisotopic (exact) mass is 307 g/mol. The number of rotatable bonds is 5. The predicted octanol–water partition coefficient (Wildman–Crippen LogP) is 3.46. The number of ether oxygens (including phenoxy) is 2. The number of esters is 1. The summed E-state index contributed by atoms with van der Waals surface area (Å²) in [6.45, 7) is 0. The Morgan fingerprint density at radius 1 is 1.10 bits per heavy atom. The molecule has 0 aromatic heterocycles. The van der Waals surface area contributed by atoms with Crippen molar-refractivity contribution in [2.45, 2.75) is 12.5 Å². The van der Waals surface area contributed by atoms with Gasteiger partial charge in [-0.05, 0) is 29.8 Å². The quantitative estimate of drug-likeness (QED) is 0.859. The maximum Gasteiger partial charge on any atom is 0.307 e. The van der Waals surface area contributed by atoms with Gasteiger partial charge in [0.1, 0.15) is 11.5 Å². The lowest BCUT2D eigenvalue weighted by molar-refractivity contribution is -0.141. The summed E-state index contributed by atoms with van der Waals surface area (Å²) >= 11 is 0. The summed E-state index contributed by atoms with van der Waals surface area (Å²) in [5, 5.41) is 0. The van der Waals surface area contributed by atoms with Gasteiger partial charge in [0.15, 0.2) is 0 Å². The molecule has 0 bridgehead atoms. The number of methoxy groups -OCH3 is 1. The predicted molar refractivity (Wildman–Crippen MR) is 83.8 cm³/mol. The zero-order chi connectivity index (χ0) is 14.4. The molecule has 0 radical (unpaired) electrons. The largest absolute Gasteiger partial charge is 0.469 e. The van der Waals surface area contributed by atoms with Crippen molar-refractivity contribution in [1.29, 1.82) is 0 Å². The fourth-order valence-electron chi connectivity index (χ4n) is 1.81. The van der Waals surface area contributed by atoms with E-state index < -0.39 is 6.04 Å². The molecule has 0 aliphatic carbocycles. The lowest BCUT2D eigenvalue weighted by atomic mass is 10.0. The number of carbonyl (C=O) groups is 1. The molecule has 2 aromatic rings. The number of nitrogens with two attached hydrogens (primary N) is 1. The van der Waals surface area contributed by atoms with E-state index in [1.54, 1.807) is 0 Å². The van der Waals surface area contributed by atoms with E-state index in [1.165, 1.54) is 7.11 Å². The maximum absolute atomic E-state index is 11.2. The van der Waals surface area contributed by atoms with E-state index in [2.05, 4.69) is 4.74 Å². The molecule has 0 aliphatic heterocycles. The molecule has 0 saturated carbocycles. The highest BCUT2D eigenvalue weighted by Gasteiger charge is 2.12. The van der Waals surface area contributed by atoms with Crippen molar-refractivity contribution in [2.75, 3.05) is 7.11 Å². The highest BCUT2D eigenvalue weighted by atomic mass is 35.5. The minimum Gasteiger partial charge on any atom is -0.469 e. The summed E-state index contributed by atoms with van der Waals surface area (Å²) < 4.78 is 10.3. The first-order chi connectivity index (χ1) is 9.69. The molecule has 2 rings (SSSR count). The molecule has 0 aliphatic rings. The standard InChI is InChI=1S/C16H17NO3.ClH/c1-19-16(18)11-15(17)12-6-5-9-14(10-12)20-13-7-3-2-4-8-13;/h2-10,15H,11,17H2,1H3;1H. The van der Waals surface area contributed by atoms with Crippen molar-refractivity contribution in [3.05, 3.63) is 60.2 Å². The lowest BCUT2D eigenvalue weighted by Crippen LogP contribution is -2.16. The Morgan fingerprint density at radius 2 is 1.76 bits per heavy atom. The third-order valence-corrected chi connectivity index (χ3v) is 2.88. The van der Waals surface area contributed by atoms with E-state index in [0.717, 1.165) is 11.3 Å². The van der Waals surface area contributed by atoms with E-state index >= 15 is 0 Å². The minimum atomic E-state index is -0.401. The number of halogens is 1. The Balaban J connectivity index is 0.00000220. The molecule has 0 fully saturated rings. The highest BCUT2D eigenvalue weighted by Crippen LogP contribution is 2.24. The Hall–Kier alpha value is -2.04. The third-order valence-electron chi connectivity index (χ3n) is 2.88. The van der Waals surface area contributed by atoms with Crippen LogP contribution in [0.3, 0.4) is 0 Å². The maximum atomic E-state index is 11.2. The van der Waals surface area contributed by atoms with Crippen LogP contribution in [0.1, 0.15) is 18.0 Å². The average Bonchev–Trinajstić information content (AvgIpc) is 2.48. The summed E-state index contributed by atoms with van der Waals surface area (Å²) in [4.78, 5) is 11.2. The molecule has 0 saturated heterocycles. The van der Waals surface area contributed by atoms with Crippen LogP contribution in [0.2, 0.25) is 0 Å². The van der Waals surface area contributed by atoms with Crippen LogP contribution < -0.4 is 10.5 Å². The zero-order valence-corrected chi connectivity index (χ0v) is 12.5. The zero-order valence-electron chi connectivity index (χ0n) is 11.7. The summed E-state index contributed by atoms with van der Waals surface area (Å²) in [5.74, 6) is 1.12. The van der Waals surface area contributed by atoms with Gasteiger partial charge in [0.2, 0.25) is 0 Å². The van der Waals surface area contributed by atoms with Crippen LogP contribution >= 0.6 is 12.4 Å². The van der Waals surface area contributed by atoms with E-state index in [1.807, 2.05) is 54.6 Å². The van der Waals surface area contributed by atoms with E-state index in [9.17, 15) is 4.79 Å². The van der Waals surface area contributed by atoms with Crippen LogP contribution in [-0.2, 0) is 9.53 Å². The smallest absolute Gasteiger partial charge is 0.307 e. The molecule has 5 heteroatoms. The third kappa shape index (κ3) is 5.10. The number of hydrogen-bond donors (Lipinski definition) is 1. The first kappa shape index (κ1) is 17.0. The Labute approximate surface area is 130 Å². The van der Waals surface area contributed by atoms with E-state index in [0.29, 0.717) is 5.75 Å². The second-order valence-corrected chi connectivity index (χ2v) is 4.37. The summed E-state index contributed by atoms with van der Waals surface area (Å²) in [6.07, 6.45) is 0.144. The SMILES string of the molecule is COC(=O)CC(N)c1cccc(Oc2ccccc2)c1.Cl. The van der Waals surface area contributed by atoms with Crippen LogP contribution in [0.15, 0.2) is 54.6 Å². The Kier molecular flexibility index (Phi) is 6.72. The molecule has 2 N–H and O–H groups in total. The Morgan fingerprint density at radius 3 is 2.43 bits per heavy atom. The topological polar surface area (TPSA) is 61.5 Å². The molecule has 2 aromatic carbocycles.